The Kier molecular flexibility index (Phi) is 6.30. The van der Waals surface area contributed by atoms with Crippen molar-refractivity contribution < 1.29 is 9.59 Å². The molecular weight excluding hydrogens is 320 g/mol. The lowest BCUT2D eigenvalue weighted by Crippen LogP contribution is -2.50. The molecule has 1 aromatic heterocycles. The monoisotopic (exact) mass is 348 g/mol. The zero-order valence-corrected chi connectivity index (χ0v) is 15.2. The van der Waals surface area contributed by atoms with Gasteiger partial charge in [0, 0.05) is 43.9 Å². The summed E-state index contributed by atoms with van der Waals surface area (Å²) in [5, 5.41) is 2.05. The Morgan fingerprint density at radius 2 is 1.62 bits per heavy atom. The molecule has 1 aliphatic carbocycles. The van der Waals surface area contributed by atoms with Crippen LogP contribution in [-0.4, -0.2) is 47.8 Å². The van der Waals surface area contributed by atoms with E-state index in [1.807, 2.05) is 15.9 Å². The van der Waals surface area contributed by atoms with E-state index in [4.69, 9.17) is 0 Å². The van der Waals surface area contributed by atoms with Crippen LogP contribution in [0.4, 0.5) is 0 Å². The van der Waals surface area contributed by atoms with E-state index in [2.05, 4.69) is 11.4 Å². The van der Waals surface area contributed by atoms with E-state index in [1.165, 1.54) is 30.6 Å². The van der Waals surface area contributed by atoms with E-state index < -0.39 is 0 Å². The van der Waals surface area contributed by atoms with Crippen molar-refractivity contribution in [2.45, 2.75) is 51.4 Å². The number of hydrogen-bond acceptors (Lipinski definition) is 3. The highest BCUT2D eigenvalue weighted by Gasteiger charge is 2.24. The van der Waals surface area contributed by atoms with Gasteiger partial charge in [-0.3, -0.25) is 9.59 Å². The van der Waals surface area contributed by atoms with Crippen molar-refractivity contribution in [2.24, 2.45) is 5.92 Å². The summed E-state index contributed by atoms with van der Waals surface area (Å²) in [5.74, 6) is 1.28. The van der Waals surface area contributed by atoms with Crippen molar-refractivity contribution in [3.05, 3.63) is 22.4 Å². The second-order valence-corrected chi connectivity index (χ2v) is 8.06. The van der Waals surface area contributed by atoms with Gasteiger partial charge in [0.25, 0.3) is 0 Å². The molecule has 24 heavy (non-hydrogen) atoms. The zero-order chi connectivity index (χ0) is 16.8. The molecule has 0 aromatic carbocycles. The standard InChI is InChI=1S/C19H28N2O2S/c22-18(9-7-16-4-1-2-5-16)20-11-13-21(14-12-20)19(23)10-8-17-6-3-15-24-17/h3,6,15-16H,1-2,4-5,7-14H2. The van der Waals surface area contributed by atoms with E-state index in [9.17, 15) is 9.59 Å². The molecule has 2 aliphatic rings. The molecule has 0 radical (unpaired) electrons. The van der Waals surface area contributed by atoms with E-state index in [-0.39, 0.29) is 11.8 Å². The van der Waals surface area contributed by atoms with Crippen LogP contribution in [0, 0.1) is 5.92 Å². The minimum Gasteiger partial charge on any atom is -0.339 e. The minimum atomic E-state index is 0.224. The summed E-state index contributed by atoms with van der Waals surface area (Å²) in [5.41, 5.74) is 0. The maximum atomic E-state index is 12.3. The number of carbonyl (C=O) groups excluding carboxylic acids is 2. The second kappa shape index (κ2) is 8.65. The maximum absolute atomic E-state index is 12.3. The first-order valence-corrected chi connectivity index (χ1v) is 10.2. The highest BCUT2D eigenvalue weighted by Crippen LogP contribution is 2.28. The van der Waals surface area contributed by atoms with Crippen LogP contribution in [0.25, 0.3) is 0 Å². The zero-order valence-electron chi connectivity index (χ0n) is 14.4. The van der Waals surface area contributed by atoms with Crippen LogP contribution in [0.1, 0.15) is 49.8 Å². The molecule has 2 heterocycles. The Morgan fingerprint density at radius 3 is 2.21 bits per heavy atom. The van der Waals surface area contributed by atoms with Crippen LogP contribution >= 0.6 is 11.3 Å². The summed E-state index contributed by atoms with van der Waals surface area (Å²) in [6.45, 7) is 2.79. The fourth-order valence-corrected chi connectivity index (χ4v) is 4.54. The molecule has 5 heteroatoms. The molecule has 1 aliphatic heterocycles. The van der Waals surface area contributed by atoms with Crippen LogP contribution in [-0.2, 0) is 16.0 Å². The molecule has 1 saturated heterocycles. The third-order valence-electron chi connectivity index (χ3n) is 5.39. The Bertz CT molecular complexity index is 530. The minimum absolute atomic E-state index is 0.224. The van der Waals surface area contributed by atoms with Crippen LogP contribution in [0.3, 0.4) is 0 Å². The van der Waals surface area contributed by atoms with Crippen molar-refractivity contribution in [3.8, 4) is 0 Å². The molecule has 4 nitrogen and oxygen atoms in total. The topological polar surface area (TPSA) is 40.6 Å². The smallest absolute Gasteiger partial charge is 0.223 e. The Hall–Kier alpha value is -1.36. The molecule has 132 valence electrons. The van der Waals surface area contributed by atoms with Crippen molar-refractivity contribution in [1.29, 1.82) is 0 Å². The first-order valence-electron chi connectivity index (χ1n) is 9.30. The van der Waals surface area contributed by atoms with Gasteiger partial charge in [0.05, 0.1) is 0 Å². The highest BCUT2D eigenvalue weighted by molar-refractivity contribution is 7.09. The molecule has 0 atom stereocenters. The molecule has 2 amide bonds. The lowest BCUT2D eigenvalue weighted by atomic mass is 10.0. The summed E-state index contributed by atoms with van der Waals surface area (Å²) < 4.78 is 0. The second-order valence-electron chi connectivity index (χ2n) is 7.03. The highest BCUT2D eigenvalue weighted by atomic mass is 32.1. The van der Waals surface area contributed by atoms with E-state index >= 15 is 0 Å². The summed E-state index contributed by atoms with van der Waals surface area (Å²) in [4.78, 5) is 29.8. The van der Waals surface area contributed by atoms with E-state index in [0.717, 1.165) is 18.8 Å². The van der Waals surface area contributed by atoms with Gasteiger partial charge >= 0.3 is 0 Å². The predicted molar refractivity (Wildman–Crippen MR) is 97.0 cm³/mol. The molecule has 0 spiro atoms. The van der Waals surface area contributed by atoms with Crippen molar-refractivity contribution in [1.82, 2.24) is 9.80 Å². The van der Waals surface area contributed by atoms with Crippen LogP contribution in [0.15, 0.2) is 17.5 Å². The van der Waals surface area contributed by atoms with E-state index in [1.54, 1.807) is 11.3 Å². The normalized spacial score (nSPS) is 19.0. The van der Waals surface area contributed by atoms with Crippen molar-refractivity contribution >= 4 is 23.2 Å². The van der Waals surface area contributed by atoms with E-state index in [0.29, 0.717) is 39.0 Å². The molecule has 1 aromatic rings. The van der Waals surface area contributed by atoms with Gasteiger partial charge in [0.15, 0.2) is 0 Å². The number of aryl methyl sites for hydroxylation is 1. The number of rotatable bonds is 6. The largest absolute Gasteiger partial charge is 0.339 e. The molecule has 0 N–H and O–H groups in total. The van der Waals surface area contributed by atoms with Gasteiger partial charge in [0.2, 0.25) is 11.8 Å². The first kappa shape index (κ1) is 17.5. The van der Waals surface area contributed by atoms with Gasteiger partial charge in [-0.25, -0.2) is 0 Å². The van der Waals surface area contributed by atoms with Gasteiger partial charge < -0.3 is 9.80 Å². The third kappa shape index (κ3) is 4.82. The molecule has 3 rings (SSSR count). The maximum Gasteiger partial charge on any atom is 0.223 e. The molecule has 0 bridgehead atoms. The van der Waals surface area contributed by atoms with Crippen LogP contribution in [0.2, 0.25) is 0 Å². The number of hydrogen-bond donors (Lipinski definition) is 0. The lowest BCUT2D eigenvalue weighted by molar-refractivity contribution is -0.139. The summed E-state index contributed by atoms with van der Waals surface area (Å²) in [7, 11) is 0. The SMILES string of the molecule is O=C(CCc1cccs1)N1CCN(C(=O)CCC2CCCC2)CC1. The number of thiophene rings is 1. The van der Waals surface area contributed by atoms with Gasteiger partial charge in [0.1, 0.15) is 0 Å². The van der Waals surface area contributed by atoms with Gasteiger partial charge in [-0.05, 0) is 30.2 Å². The average Bonchev–Trinajstić information content (AvgIpc) is 3.31. The summed E-state index contributed by atoms with van der Waals surface area (Å²) in [6, 6.07) is 4.11. The first-order chi connectivity index (χ1) is 11.7. The Balaban J connectivity index is 1.35. The molecule has 0 unspecified atom stereocenters. The number of nitrogens with zero attached hydrogens (tertiary/aromatic N) is 2. The number of piperazine rings is 1. The Labute approximate surface area is 148 Å². The fraction of sp³-hybridized carbons (Fsp3) is 0.684. The van der Waals surface area contributed by atoms with Crippen molar-refractivity contribution in [2.75, 3.05) is 26.2 Å². The average molecular weight is 349 g/mol. The molecule has 2 fully saturated rings. The van der Waals surface area contributed by atoms with Crippen molar-refractivity contribution in [3.63, 3.8) is 0 Å². The summed E-state index contributed by atoms with van der Waals surface area (Å²) >= 11 is 1.71. The lowest BCUT2D eigenvalue weighted by Gasteiger charge is -2.35. The third-order valence-corrected chi connectivity index (χ3v) is 6.33. The Morgan fingerprint density at radius 1 is 1.00 bits per heavy atom. The summed E-state index contributed by atoms with van der Waals surface area (Å²) in [6.07, 6.45) is 8.44. The number of carbonyl (C=O) groups is 2. The fourth-order valence-electron chi connectivity index (χ4n) is 3.83. The van der Waals surface area contributed by atoms with Gasteiger partial charge in [-0.1, -0.05) is 31.7 Å². The molecular formula is C19H28N2O2S. The number of amides is 2. The molecule has 1 saturated carbocycles. The van der Waals surface area contributed by atoms with Gasteiger partial charge in [-0.2, -0.15) is 0 Å². The van der Waals surface area contributed by atoms with Crippen LogP contribution < -0.4 is 0 Å². The van der Waals surface area contributed by atoms with Crippen LogP contribution in [0.5, 0.6) is 0 Å². The van der Waals surface area contributed by atoms with Gasteiger partial charge in [-0.15, -0.1) is 11.3 Å². The quantitative estimate of drug-likeness (QED) is 0.791. The predicted octanol–water partition coefficient (Wildman–Crippen LogP) is 3.32.